The minimum absolute atomic E-state index is 0. The summed E-state index contributed by atoms with van der Waals surface area (Å²) in [6, 6.07) is 0. The van der Waals surface area contributed by atoms with E-state index in [0.717, 1.165) is 0 Å². The standard InChI is InChI=1S/C5H7F3O2.Ni/c1-2-3-10-4(9)5(6,7)8;/h2-3H2,1H3;. The fourth-order valence-corrected chi connectivity index (χ4v) is 0.277. The summed E-state index contributed by atoms with van der Waals surface area (Å²) in [6.45, 7) is 1.43. The Kier molecular flexibility index (Phi) is 6.57. The van der Waals surface area contributed by atoms with Gasteiger partial charge in [0.15, 0.2) is 0 Å². The van der Waals surface area contributed by atoms with Crippen LogP contribution >= 0.6 is 0 Å². The normalized spacial score (nSPS) is 10.2. The minimum Gasteiger partial charge on any atom is -0.459 e. The molecule has 0 saturated carbocycles. The van der Waals surface area contributed by atoms with E-state index in [0.29, 0.717) is 6.42 Å². The predicted molar refractivity (Wildman–Crippen MR) is 27.3 cm³/mol. The Morgan fingerprint density at radius 2 is 1.91 bits per heavy atom. The summed E-state index contributed by atoms with van der Waals surface area (Å²) in [5, 5.41) is 0. The van der Waals surface area contributed by atoms with E-state index in [2.05, 4.69) is 4.74 Å². The fourth-order valence-electron chi connectivity index (χ4n) is 0.277. The molecule has 0 atom stereocenters. The van der Waals surface area contributed by atoms with Crippen LogP contribution in [0.4, 0.5) is 13.2 Å². The Morgan fingerprint density at radius 3 is 2.18 bits per heavy atom. The molecule has 0 heterocycles. The van der Waals surface area contributed by atoms with Gasteiger partial charge in [-0.05, 0) is 6.42 Å². The van der Waals surface area contributed by atoms with Gasteiger partial charge in [-0.15, -0.1) is 0 Å². The monoisotopic (exact) mass is 214 g/mol. The Balaban J connectivity index is 0. The average molecular weight is 215 g/mol. The molecule has 0 amide bonds. The molecule has 2 nitrogen and oxygen atoms in total. The predicted octanol–water partition coefficient (Wildman–Crippen LogP) is 1.50. The van der Waals surface area contributed by atoms with Crippen molar-refractivity contribution in [2.24, 2.45) is 0 Å². The van der Waals surface area contributed by atoms with Crippen LogP contribution in [0.15, 0.2) is 0 Å². The van der Waals surface area contributed by atoms with Crippen molar-refractivity contribution in [1.29, 1.82) is 0 Å². The van der Waals surface area contributed by atoms with Gasteiger partial charge in [0.1, 0.15) is 0 Å². The van der Waals surface area contributed by atoms with Crippen LogP contribution in [0, 0.1) is 0 Å². The number of esters is 1. The molecule has 0 rings (SSSR count). The molecule has 6 heteroatoms. The maximum Gasteiger partial charge on any atom is 0.490 e. The number of alkyl halides is 3. The minimum atomic E-state index is -4.85. The zero-order valence-electron chi connectivity index (χ0n) is 5.68. The third-order valence-electron chi connectivity index (χ3n) is 0.669. The first-order valence-electron chi connectivity index (χ1n) is 2.72. The third-order valence-corrected chi connectivity index (χ3v) is 0.669. The average Bonchev–Trinajstić information content (AvgIpc) is 1.80. The molecular weight excluding hydrogens is 208 g/mol. The van der Waals surface area contributed by atoms with E-state index in [-0.39, 0.29) is 23.1 Å². The van der Waals surface area contributed by atoms with Crippen LogP contribution < -0.4 is 0 Å². The van der Waals surface area contributed by atoms with Gasteiger partial charge in [0.2, 0.25) is 0 Å². The maximum atomic E-state index is 11.3. The summed E-state index contributed by atoms with van der Waals surface area (Å²) in [7, 11) is 0. The first-order valence-corrected chi connectivity index (χ1v) is 2.72. The third kappa shape index (κ3) is 6.16. The molecule has 0 aromatic rings. The van der Waals surface area contributed by atoms with Crippen molar-refractivity contribution in [3.63, 3.8) is 0 Å². The van der Waals surface area contributed by atoms with E-state index in [1.54, 1.807) is 6.92 Å². The summed E-state index contributed by atoms with van der Waals surface area (Å²) in [5.41, 5.74) is 0. The Bertz CT molecular complexity index is 123. The molecule has 0 spiro atoms. The van der Waals surface area contributed by atoms with Crippen LogP contribution in [-0.4, -0.2) is 18.8 Å². The maximum absolute atomic E-state index is 11.3. The second-order valence-electron chi connectivity index (χ2n) is 1.63. The SMILES string of the molecule is CCCOC(=O)C(F)(F)F.[Ni]. The van der Waals surface area contributed by atoms with Crippen molar-refractivity contribution in [2.75, 3.05) is 6.61 Å². The first kappa shape index (κ1) is 13.4. The van der Waals surface area contributed by atoms with Gasteiger partial charge in [-0.25, -0.2) is 4.79 Å². The molecule has 0 fully saturated rings. The molecule has 0 saturated heterocycles. The van der Waals surface area contributed by atoms with Gasteiger partial charge in [0, 0.05) is 16.5 Å². The van der Waals surface area contributed by atoms with Gasteiger partial charge in [0.05, 0.1) is 6.61 Å². The summed E-state index contributed by atoms with van der Waals surface area (Å²) >= 11 is 0. The summed E-state index contributed by atoms with van der Waals surface area (Å²) in [6.07, 6.45) is -4.46. The van der Waals surface area contributed by atoms with Crippen LogP contribution in [0.2, 0.25) is 0 Å². The second-order valence-corrected chi connectivity index (χ2v) is 1.63. The van der Waals surface area contributed by atoms with Crippen LogP contribution in [0.5, 0.6) is 0 Å². The van der Waals surface area contributed by atoms with E-state index < -0.39 is 12.1 Å². The van der Waals surface area contributed by atoms with Crippen molar-refractivity contribution in [2.45, 2.75) is 19.5 Å². The van der Waals surface area contributed by atoms with Gasteiger partial charge >= 0.3 is 12.1 Å². The van der Waals surface area contributed by atoms with E-state index in [9.17, 15) is 18.0 Å². The summed E-state index contributed by atoms with van der Waals surface area (Å²) in [4.78, 5) is 9.88. The van der Waals surface area contributed by atoms with E-state index in [1.165, 1.54) is 0 Å². The van der Waals surface area contributed by atoms with Gasteiger partial charge < -0.3 is 4.74 Å². The molecule has 0 unspecified atom stereocenters. The molecule has 0 N–H and O–H groups in total. The zero-order valence-corrected chi connectivity index (χ0v) is 6.67. The Morgan fingerprint density at radius 1 is 1.45 bits per heavy atom. The fraction of sp³-hybridized carbons (Fsp3) is 0.800. The molecule has 70 valence electrons. The molecule has 0 radical (unpaired) electrons. The molecule has 11 heavy (non-hydrogen) atoms. The smallest absolute Gasteiger partial charge is 0.459 e. The quantitative estimate of drug-likeness (QED) is 0.515. The Labute approximate surface area is 72.0 Å². The molecule has 0 aliphatic rings. The van der Waals surface area contributed by atoms with Gasteiger partial charge in [-0.3, -0.25) is 0 Å². The van der Waals surface area contributed by atoms with Crippen LogP contribution in [0.3, 0.4) is 0 Å². The van der Waals surface area contributed by atoms with E-state index in [4.69, 9.17) is 0 Å². The molecule has 0 aromatic carbocycles. The number of rotatable bonds is 2. The molecular formula is C5H7F3NiO2. The first-order chi connectivity index (χ1) is 4.48. The number of hydrogen-bond donors (Lipinski definition) is 0. The van der Waals surface area contributed by atoms with Crippen molar-refractivity contribution < 1.29 is 39.2 Å². The number of carbonyl (C=O) groups is 1. The van der Waals surface area contributed by atoms with Crippen molar-refractivity contribution in [1.82, 2.24) is 0 Å². The number of ether oxygens (including phenoxy) is 1. The largest absolute Gasteiger partial charge is 0.490 e. The number of carbonyl (C=O) groups excluding carboxylic acids is 1. The van der Waals surface area contributed by atoms with Crippen molar-refractivity contribution in [3.05, 3.63) is 0 Å². The molecule has 0 aliphatic heterocycles. The van der Waals surface area contributed by atoms with Crippen molar-refractivity contribution in [3.8, 4) is 0 Å². The topological polar surface area (TPSA) is 26.3 Å². The molecule has 0 aromatic heterocycles. The van der Waals surface area contributed by atoms with Crippen LogP contribution in [0.1, 0.15) is 13.3 Å². The van der Waals surface area contributed by atoms with Crippen LogP contribution in [0.25, 0.3) is 0 Å². The van der Waals surface area contributed by atoms with Gasteiger partial charge in [-0.1, -0.05) is 6.92 Å². The van der Waals surface area contributed by atoms with E-state index >= 15 is 0 Å². The van der Waals surface area contributed by atoms with Gasteiger partial charge in [-0.2, -0.15) is 13.2 Å². The van der Waals surface area contributed by atoms with Gasteiger partial charge in [0.25, 0.3) is 0 Å². The molecule has 0 bridgehead atoms. The second kappa shape index (κ2) is 5.41. The van der Waals surface area contributed by atoms with Crippen molar-refractivity contribution >= 4 is 5.97 Å². The number of halogens is 3. The van der Waals surface area contributed by atoms with Crippen LogP contribution in [-0.2, 0) is 26.0 Å². The van der Waals surface area contributed by atoms with E-state index in [1.807, 2.05) is 0 Å². The summed E-state index contributed by atoms with van der Waals surface area (Å²) < 4.78 is 37.7. The number of hydrogen-bond acceptors (Lipinski definition) is 2. The Hall–Kier alpha value is -0.246. The molecule has 0 aliphatic carbocycles. The summed E-state index contributed by atoms with van der Waals surface area (Å²) in [5.74, 6) is -2.12. The zero-order chi connectivity index (χ0) is 8.20.